The number of ether oxygens (including phenoxy) is 1. The highest BCUT2D eigenvalue weighted by molar-refractivity contribution is 8.02. The van der Waals surface area contributed by atoms with Gasteiger partial charge in [0.1, 0.15) is 5.75 Å². The van der Waals surface area contributed by atoms with Crippen molar-refractivity contribution < 1.29 is 4.74 Å². The number of anilines is 2. The van der Waals surface area contributed by atoms with E-state index in [0.29, 0.717) is 0 Å². The first kappa shape index (κ1) is 21.0. The fourth-order valence-corrected chi connectivity index (χ4v) is 6.59. The number of benzene rings is 2. The van der Waals surface area contributed by atoms with Gasteiger partial charge in [0.25, 0.3) is 0 Å². The predicted molar refractivity (Wildman–Crippen MR) is 126 cm³/mol. The number of piperidine rings is 1. The van der Waals surface area contributed by atoms with E-state index in [1.165, 1.54) is 71.3 Å². The number of hydrogen-bond acceptors (Lipinski definition) is 5. The van der Waals surface area contributed by atoms with Gasteiger partial charge in [-0.05, 0) is 62.7 Å². The number of nitrogens with zero attached hydrogens (tertiary/aromatic N) is 2. The van der Waals surface area contributed by atoms with Crippen LogP contribution in [-0.2, 0) is 0 Å². The van der Waals surface area contributed by atoms with E-state index in [2.05, 4.69) is 59.4 Å². The quantitative estimate of drug-likeness (QED) is 0.456. The largest absolute Gasteiger partial charge is 0.497 e. The number of hydrogen-bond donors (Lipinski definition) is 0. The van der Waals surface area contributed by atoms with Gasteiger partial charge >= 0.3 is 0 Å². The lowest BCUT2D eigenvalue weighted by molar-refractivity contribution is 0.143. The van der Waals surface area contributed by atoms with Crippen LogP contribution in [0.2, 0.25) is 0 Å². The summed E-state index contributed by atoms with van der Waals surface area (Å²) >= 11 is 3.73. The third-order valence-corrected chi connectivity index (χ3v) is 8.29. The molecule has 1 unspecified atom stereocenters. The third kappa shape index (κ3) is 4.42. The number of likely N-dealkylation sites (tertiary alicyclic amines) is 1. The van der Waals surface area contributed by atoms with Crippen molar-refractivity contribution in [2.45, 2.75) is 59.8 Å². The summed E-state index contributed by atoms with van der Waals surface area (Å²) in [6, 6.07) is 14.0. The molecule has 0 bridgehead atoms. The molecule has 0 aliphatic carbocycles. The molecule has 0 spiro atoms. The van der Waals surface area contributed by atoms with E-state index in [4.69, 9.17) is 4.74 Å². The van der Waals surface area contributed by atoms with Gasteiger partial charge in [-0.1, -0.05) is 31.2 Å². The van der Waals surface area contributed by atoms with E-state index in [-0.39, 0.29) is 0 Å². The van der Waals surface area contributed by atoms with Crippen LogP contribution in [0.1, 0.15) is 39.0 Å². The van der Waals surface area contributed by atoms with Crippen molar-refractivity contribution in [3.05, 3.63) is 36.4 Å². The minimum atomic E-state index is 0.781. The molecular formula is C24H32N2OS2. The van der Waals surface area contributed by atoms with Crippen LogP contribution in [0, 0.1) is 0 Å². The molecule has 1 fully saturated rings. The molecule has 1 atom stereocenters. The van der Waals surface area contributed by atoms with Gasteiger partial charge in [0, 0.05) is 39.9 Å². The molecule has 3 nitrogen and oxygen atoms in total. The topological polar surface area (TPSA) is 15.7 Å². The van der Waals surface area contributed by atoms with Gasteiger partial charge in [-0.3, -0.25) is 0 Å². The fourth-order valence-electron chi connectivity index (χ4n) is 4.63. The Morgan fingerprint density at radius 2 is 2.03 bits per heavy atom. The molecule has 4 rings (SSSR count). The molecule has 2 heterocycles. The Morgan fingerprint density at radius 3 is 2.83 bits per heavy atom. The maximum Gasteiger partial charge on any atom is 0.121 e. The molecule has 2 aliphatic heterocycles. The lowest BCUT2D eigenvalue weighted by Gasteiger charge is -2.37. The average molecular weight is 429 g/mol. The highest BCUT2D eigenvalue weighted by Gasteiger charge is 2.26. The molecule has 0 aromatic heterocycles. The fraction of sp³-hybridized carbons (Fsp3) is 0.500. The molecule has 156 valence electrons. The minimum absolute atomic E-state index is 0.781. The number of thioether (sulfide) groups is 1. The summed E-state index contributed by atoms with van der Waals surface area (Å²) < 4.78 is 5.54. The number of methoxy groups -OCH3 is 1. The predicted octanol–water partition coefficient (Wildman–Crippen LogP) is 6.67. The highest BCUT2D eigenvalue weighted by Crippen LogP contribution is 2.52. The van der Waals surface area contributed by atoms with Gasteiger partial charge in [0.15, 0.2) is 0 Å². The normalized spacial score (nSPS) is 19.0. The van der Waals surface area contributed by atoms with Gasteiger partial charge in [0.2, 0.25) is 0 Å². The third-order valence-electron chi connectivity index (χ3n) is 6.19. The van der Waals surface area contributed by atoms with Gasteiger partial charge in [-0.2, -0.15) is 0 Å². The number of fused-ring (bicyclic) bond motifs is 2. The van der Waals surface area contributed by atoms with Gasteiger partial charge < -0.3 is 14.5 Å². The standard InChI is InChI=1S/C24H32N2OS2/c1-4-18-9-5-6-14-25(18)15-8-16-26-20-10-7-11-23(28-3)24(20)29-22-13-12-19(27-2)17-21(22)26/h7,10-13,17-18H,4-6,8-9,14-16H2,1-3H3. The Balaban J connectivity index is 1.58. The maximum absolute atomic E-state index is 5.54. The van der Waals surface area contributed by atoms with Crippen molar-refractivity contribution in [1.82, 2.24) is 4.90 Å². The monoisotopic (exact) mass is 428 g/mol. The van der Waals surface area contributed by atoms with Crippen LogP contribution in [0.4, 0.5) is 11.4 Å². The number of rotatable bonds is 7. The van der Waals surface area contributed by atoms with Crippen LogP contribution in [-0.4, -0.2) is 43.9 Å². The average Bonchev–Trinajstić information content (AvgIpc) is 2.78. The Morgan fingerprint density at radius 1 is 1.14 bits per heavy atom. The zero-order valence-corrected chi connectivity index (χ0v) is 19.5. The second-order valence-electron chi connectivity index (χ2n) is 7.84. The van der Waals surface area contributed by atoms with Crippen molar-refractivity contribution in [2.75, 3.05) is 37.9 Å². The molecule has 0 amide bonds. The van der Waals surface area contributed by atoms with Gasteiger partial charge in [0.05, 0.1) is 18.5 Å². The summed E-state index contributed by atoms with van der Waals surface area (Å²) in [4.78, 5) is 9.33. The summed E-state index contributed by atoms with van der Waals surface area (Å²) in [5.74, 6) is 0.931. The molecule has 5 heteroatoms. The first-order valence-electron chi connectivity index (χ1n) is 10.8. The Hall–Kier alpha value is -1.30. The SMILES string of the molecule is CCC1CCCCN1CCCN1c2cc(OC)ccc2Sc2c(SC)cccc21. The van der Waals surface area contributed by atoms with Crippen molar-refractivity contribution >= 4 is 34.9 Å². The van der Waals surface area contributed by atoms with Crippen molar-refractivity contribution in [3.8, 4) is 5.75 Å². The van der Waals surface area contributed by atoms with Crippen LogP contribution >= 0.6 is 23.5 Å². The van der Waals surface area contributed by atoms with Gasteiger partial charge in [-0.25, -0.2) is 0 Å². The molecule has 2 aromatic rings. The van der Waals surface area contributed by atoms with E-state index in [1.54, 1.807) is 7.11 Å². The van der Waals surface area contributed by atoms with Crippen molar-refractivity contribution in [3.63, 3.8) is 0 Å². The maximum atomic E-state index is 5.54. The molecule has 2 aliphatic rings. The summed E-state index contributed by atoms with van der Waals surface area (Å²) in [5, 5.41) is 0. The molecule has 0 radical (unpaired) electrons. The zero-order chi connectivity index (χ0) is 20.2. The lowest BCUT2D eigenvalue weighted by Crippen LogP contribution is -2.40. The molecule has 0 N–H and O–H groups in total. The molecule has 29 heavy (non-hydrogen) atoms. The molecule has 2 aromatic carbocycles. The van der Waals surface area contributed by atoms with Crippen molar-refractivity contribution in [1.29, 1.82) is 0 Å². The van der Waals surface area contributed by atoms with E-state index in [0.717, 1.165) is 18.3 Å². The second kappa shape index (κ2) is 9.67. The molecule has 1 saturated heterocycles. The first-order valence-corrected chi connectivity index (χ1v) is 12.8. The van der Waals surface area contributed by atoms with Crippen LogP contribution < -0.4 is 9.64 Å². The van der Waals surface area contributed by atoms with Crippen molar-refractivity contribution in [2.24, 2.45) is 0 Å². The Labute approximate surface area is 184 Å². The minimum Gasteiger partial charge on any atom is -0.497 e. The molecule has 0 saturated carbocycles. The van der Waals surface area contributed by atoms with Crippen LogP contribution in [0.25, 0.3) is 0 Å². The Kier molecular flexibility index (Phi) is 6.99. The highest BCUT2D eigenvalue weighted by atomic mass is 32.2. The zero-order valence-electron chi connectivity index (χ0n) is 17.8. The molecular weight excluding hydrogens is 396 g/mol. The first-order chi connectivity index (χ1) is 14.2. The van der Waals surface area contributed by atoms with Crippen LogP contribution in [0.3, 0.4) is 0 Å². The van der Waals surface area contributed by atoms with E-state index in [1.807, 2.05) is 23.5 Å². The van der Waals surface area contributed by atoms with Gasteiger partial charge in [-0.15, -0.1) is 11.8 Å². The smallest absolute Gasteiger partial charge is 0.121 e. The summed E-state index contributed by atoms with van der Waals surface area (Å²) in [5.41, 5.74) is 2.62. The summed E-state index contributed by atoms with van der Waals surface area (Å²) in [6.07, 6.45) is 8.76. The van der Waals surface area contributed by atoms with Crippen LogP contribution in [0.15, 0.2) is 51.1 Å². The second-order valence-corrected chi connectivity index (χ2v) is 9.74. The Bertz CT molecular complexity index is 840. The lowest BCUT2D eigenvalue weighted by atomic mass is 10.00. The van der Waals surface area contributed by atoms with E-state index in [9.17, 15) is 0 Å². The summed E-state index contributed by atoms with van der Waals surface area (Å²) in [6.45, 7) is 5.84. The van der Waals surface area contributed by atoms with E-state index < -0.39 is 0 Å². The summed E-state index contributed by atoms with van der Waals surface area (Å²) in [7, 11) is 1.75. The van der Waals surface area contributed by atoms with E-state index >= 15 is 0 Å². The van der Waals surface area contributed by atoms with Crippen LogP contribution in [0.5, 0.6) is 5.75 Å².